The van der Waals surface area contributed by atoms with Crippen LogP contribution in [0.25, 0.3) is 0 Å². The Hall–Kier alpha value is -0.0500. The van der Waals surface area contributed by atoms with E-state index >= 15 is 0 Å². The number of hydrogen-bond donors (Lipinski definition) is 1. The molecule has 2 rings (SSSR count). The van der Waals surface area contributed by atoms with Crippen molar-refractivity contribution in [2.24, 2.45) is 11.8 Å². The molecule has 0 spiro atoms. The summed E-state index contributed by atoms with van der Waals surface area (Å²) in [5, 5.41) is 4.39. The first-order valence-corrected chi connectivity index (χ1v) is 8.50. The summed E-state index contributed by atoms with van der Waals surface area (Å²) in [5.74, 6) is 1.85. The topological polar surface area (TPSA) is 12.0 Å². The molecule has 1 aliphatic rings. The second-order valence-electron chi connectivity index (χ2n) is 5.66. The highest BCUT2D eigenvalue weighted by molar-refractivity contribution is 9.10. The van der Waals surface area contributed by atoms with Crippen LogP contribution < -0.4 is 5.32 Å². The molecule has 0 bridgehead atoms. The highest BCUT2D eigenvalue weighted by Crippen LogP contribution is 2.30. The van der Waals surface area contributed by atoms with E-state index in [-0.39, 0.29) is 0 Å². The number of rotatable bonds is 5. The second kappa shape index (κ2) is 7.66. The minimum Gasteiger partial charge on any atom is -0.312 e. The molecule has 1 N–H and O–H groups in total. The number of benzene rings is 1. The first kappa shape index (κ1) is 15.3. The van der Waals surface area contributed by atoms with E-state index in [1.165, 1.54) is 37.7 Å². The Morgan fingerprint density at radius 1 is 1.21 bits per heavy atom. The Labute approximate surface area is 130 Å². The summed E-state index contributed by atoms with van der Waals surface area (Å²) in [7, 11) is 0. The molecule has 0 amide bonds. The lowest BCUT2D eigenvalue weighted by molar-refractivity contribution is 0.262. The maximum Gasteiger partial charge on any atom is 0.0410 e. The molecule has 0 aliphatic heterocycles. The maximum absolute atomic E-state index is 6.03. The fourth-order valence-electron chi connectivity index (χ4n) is 2.93. The van der Waals surface area contributed by atoms with Crippen LogP contribution in [0.2, 0.25) is 5.02 Å². The zero-order valence-corrected chi connectivity index (χ0v) is 13.9. The summed E-state index contributed by atoms with van der Waals surface area (Å²) < 4.78 is 1.14. The number of halogens is 2. The third kappa shape index (κ3) is 4.77. The third-order valence-electron chi connectivity index (χ3n) is 4.30. The molecule has 0 unspecified atom stereocenters. The molecule has 0 atom stereocenters. The molecule has 3 heteroatoms. The van der Waals surface area contributed by atoms with Crippen molar-refractivity contribution in [2.45, 2.75) is 45.6 Å². The van der Waals surface area contributed by atoms with E-state index in [9.17, 15) is 0 Å². The first-order chi connectivity index (χ1) is 9.19. The van der Waals surface area contributed by atoms with Gasteiger partial charge in [0.05, 0.1) is 0 Å². The summed E-state index contributed by atoms with van der Waals surface area (Å²) in [5.41, 5.74) is 1.25. The van der Waals surface area contributed by atoms with Crippen molar-refractivity contribution in [1.82, 2.24) is 5.32 Å². The van der Waals surface area contributed by atoms with Crippen LogP contribution in [0.1, 0.15) is 44.6 Å². The summed E-state index contributed by atoms with van der Waals surface area (Å²) in [4.78, 5) is 0. The maximum atomic E-state index is 6.03. The number of hydrogen-bond acceptors (Lipinski definition) is 1. The zero-order valence-electron chi connectivity index (χ0n) is 11.6. The van der Waals surface area contributed by atoms with Gasteiger partial charge >= 0.3 is 0 Å². The molecule has 1 aromatic rings. The molecule has 106 valence electrons. The monoisotopic (exact) mass is 343 g/mol. The SMILES string of the molecule is CCC1CCC(CNCc2cc(Cl)ccc2Br)CC1. The molecule has 1 fully saturated rings. The van der Waals surface area contributed by atoms with E-state index < -0.39 is 0 Å². The average molecular weight is 345 g/mol. The minimum atomic E-state index is 0.809. The molecule has 1 aliphatic carbocycles. The quantitative estimate of drug-likeness (QED) is 0.753. The van der Waals surface area contributed by atoms with Gasteiger partial charge in [0.15, 0.2) is 0 Å². The smallest absolute Gasteiger partial charge is 0.0410 e. The van der Waals surface area contributed by atoms with E-state index in [1.54, 1.807) is 0 Å². The lowest BCUT2D eigenvalue weighted by atomic mass is 9.81. The molecule has 0 saturated heterocycles. The predicted octanol–water partition coefficient (Wildman–Crippen LogP) is 5.41. The molecule has 0 radical (unpaired) electrons. The van der Waals surface area contributed by atoms with Gasteiger partial charge in [-0.25, -0.2) is 0 Å². The van der Waals surface area contributed by atoms with Crippen LogP contribution in [-0.4, -0.2) is 6.54 Å². The van der Waals surface area contributed by atoms with Crippen LogP contribution in [0.15, 0.2) is 22.7 Å². The van der Waals surface area contributed by atoms with Gasteiger partial charge in [-0.05, 0) is 55.0 Å². The van der Waals surface area contributed by atoms with Gasteiger partial charge in [0.25, 0.3) is 0 Å². The molecule has 1 nitrogen and oxygen atoms in total. The van der Waals surface area contributed by atoms with Crippen molar-refractivity contribution < 1.29 is 0 Å². The van der Waals surface area contributed by atoms with Crippen molar-refractivity contribution >= 4 is 27.5 Å². The Bertz CT molecular complexity index is 400. The van der Waals surface area contributed by atoms with Crippen LogP contribution in [-0.2, 0) is 6.54 Å². The van der Waals surface area contributed by atoms with Crippen LogP contribution in [0.5, 0.6) is 0 Å². The van der Waals surface area contributed by atoms with Gasteiger partial charge in [-0.3, -0.25) is 0 Å². The summed E-state index contributed by atoms with van der Waals surface area (Å²) in [6, 6.07) is 5.97. The standard InChI is InChI=1S/C16H23BrClN/c1-2-12-3-5-13(6-4-12)10-19-11-14-9-15(18)7-8-16(14)17/h7-9,12-13,19H,2-6,10-11H2,1H3. The fraction of sp³-hybridized carbons (Fsp3) is 0.625. The largest absolute Gasteiger partial charge is 0.312 e. The Balaban J connectivity index is 1.73. The van der Waals surface area contributed by atoms with Crippen molar-refractivity contribution in [1.29, 1.82) is 0 Å². The number of nitrogens with one attached hydrogen (secondary N) is 1. The lowest BCUT2D eigenvalue weighted by Gasteiger charge is -2.28. The molecule has 19 heavy (non-hydrogen) atoms. The van der Waals surface area contributed by atoms with Gasteiger partial charge in [0, 0.05) is 16.0 Å². The highest BCUT2D eigenvalue weighted by atomic mass is 79.9. The van der Waals surface area contributed by atoms with Crippen LogP contribution in [0.4, 0.5) is 0 Å². The highest BCUT2D eigenvalue weighted by Gasteiger charge is 2.19. The van der Waals surface area contributed by atoms with E-state index in [1.807, 2.05) is 18.2 Å². The van der Waals surface area contributed by atoms with Gasteiger partial charge in [-0.2, -0.15) is 0 Å². The van der Waals surface area contributed by atoms with E-state index in [2.05, 4.69) is 28.2 Å². The Morgan fingerprint density at radius 2 is 1.89 bits per heavy atom. The van der Waals surface area contributed by atoms with Gasteiger partial charge < -0.3 is 5.32 Å². The van der Waals surface area contributed by atoms with Crippen molar-refractivity contribution in [2.75, 3.05) is 6.54 Å². The molecular formula is C16H23BrClN. The van der Waals surface area contributed by atoms with Crippen LogP contribution in [0.3, 0.4) is 0 Å². The molecular weight excluding hydrogens is 322 g/mol. The summed E-state index contributed by atoms with van der Waals surface area (Å²) in [6.07, 6.45) is 6.98. The molecule has 0 heterocycles. The predicted molar refractivity (Wildman–Crippen MR) is 86.6 cm³/mol. The van der Waals surface area contributed by atoms with E-state index in [0.29, 0.717) is 0 Å². The Morgan fingerprint density at radius 3 is 2.58 bits per heavy atom. The van der Waals surface area contributed by atoms with E-state index in [4.69, 9.17) is 11.6 Å². The van der Waals surface area contributed by atoms with Gasteiger partial charge in [0.1, 0.15) is 0 Å². The molecule has 0 aromatic heterocycles. The van der Waals surface area contributed by atoms with Crippen LogP contribution >= 0.6 is 27.5 Å². The average Bonchev–Trinajstić information content (AvgIpc) is 2.43. The van der Waals surface area contributed by atoms with Crippen molar-refractivity contribution in [3.05, 3.63) is 33.3 Å². The van der Waals surface area contributed by atoms with Crippen molar-refractivity contribution in [3.8, 4) is 0 Å². The lowest BCUT2D eigenvalue weighted by Crippen LogP contribution is -2.26. The normalized spacial score (nSPS) is 23.5. The third-order valence-corrected chi connectivity index (χ3v) is 5.31. The van der Waals surface area contributed by atoms with E-state index in [0.717, 1.165) is 34.4 Å². The van der Waals surface area contributed by atoms with Gasteiger partial charge in [-0.15, -0.1) is 0 Å². The minimum absolute atomic E-state index is 0.809. The molecule has 1 saturated carbocycles. The van der Waals surface area contributed by atoms with Crippen molar-refractivity contribution in [3.63, 3.8) is 0 Å². The Kier molecular flexibility index (Phi) is 6.18. The van der Waals surface area contributed by atoms with Gasteiger partial charge in [-0.1, -0.05) is 53.7 Å². The zero-order chi connectivity index (χ0) is 13.7. The molecule has 1 aromatic carbocycles. The van der Waals surface area contributed by atoms with Gasteiger partial charge in [0.2, 0.25) is 0 Å². The van der Waals surface area contributed by atoms with Crippen LogP contribution in [0, 0.1) is 11.8 Å². The summed E-state index contributed by atoms with van der Waals surface area (Å²) >= 11 is 9.60. The first-order valence-electron chi connectivity index (χ1n) is 7.33. The fourth-order valence-corrected chi connectivity index (χ4v) is 3.52. The second-order valence-corrected chi connectivity index (χ2v) is 6.95. The summed E-state index contributed by atoms with van der Waals surface area (Å²) in [6.45, 7) is 4.35.